The molecule has 0 N–H and O–H groups in total. The molecule has 0 amide bonds. The number of fused-ring (bicyclic) bond motifs is 3. The summed E-state index contributed by atoms with van der Waals surface area (Å²) in [5, 5.41) is 0. The maximum absolute atomic E-state index is 3.39. The number of hydrogen-bond acceptors (Lipinski definition) is 1. The fourth-order valence-electron chi connectivity index (χ4n) is 5.05. The van der Waals surface area contributed by atoms with E-state index in [1.54, 1.807) is 0 Å². The van der Waals surface area contributed by atoms with Crippen LogP contribution in [0.2, 0.25) is 0 Å². The number of rotatable bonds is 3. The van der Waals surface area contributed by atoms with Gasteiger partial charge in [0.1, 0.15) is 0 Å². The Hall–Kier alpha value is -3.80. The van der Waals surface area contributed by atoms with Crippen molar-refractivity contribution in [1.29, 1.82) is 0 Å². The van der Waals surface area contributed by atoms with Gasteiger partial charge < -0.3 is 4.90 Å². The van der Waals surface area contributed by atoms with Gasteiger partial charge in [0.25, 0.3) is 0 Å². The van der Waals surface area contributed by atoms with Crippen LogP contribution in [0, 0.1) is 0 Å². The molecule has 154 valence electrons. The van der Waals surface area contributed by atoms with Crippen molar-refractivity contribution in [3.05, 3.63) is 148 Å². The van der Waals surface area contributed by atoms with Crippen molar-refractivity contribution in [2.24, 2.45) is 0 Å². The van der Waals surface area contributed by atoms with Gasteiger partial charge in [-0.15, -0.1) is 5.73 Å². The largest absolute Gasteiger partial charge is 0.336 e. The molecular weight excluding hydrogens is 386 g/mol. The van der Waals surface area contributed by atoms with Crippen molar-refractivity contribution in [1.82, 2.24) is 0 Å². The molecule has 0 saturated carbocycles. The second-order valence-electron chi connectivity index (χ2n) is 8.71. The molecule has 4 aliphatic rings. The third-order valence-electron chi connectivity index (χ3n) is 6.67. The monoisotopic (exact) mass is 411 g/mol. The summed E-state index contributed by atoms with van der Waals surface area (Å²) in [6.07, 6.45) is 12.1. The van der Waals surface area contributed by atoms with Crippen molar-refractivity contribution < 1.29 is 0 Å². The Morgan fingerprint density at radius 1 is 0.719 bits per heavy atom. The first-order valence-electron chi connectivity index (χ1n) is 11.4. The highest BCUT2D eigenvalue weighted by Gasteiger charge is 2.24. The lowest BCUT2D eigenvalue weighted by Crippen LogP contribution is -2.24. The van der Waals surface area contributed by atoms with E-state index in [1.165, 1.54) is 50.4 Å². The van der Waals surface area contributed by atoms with E-state index in [-0.39, 0.29) is 0 Å². The summed E-state index contributed by atoms with van der Waals surface area (Å²) in [5.74, 6) is 0. The molecule has 0 radical (unpaired) electrons. The average molecular weight is 412 g/mol. The minimum Gasteiger partial charge on any atom is -0.336 e. The van der Waals surface area contributed by atoms with Crippen LogP contribution in [0.3, 0.4) is 0 Å². The molecule has 7 rings (SSSR count). The summed E-state index contributed by atoms with van der Waals surface area (Å²) in [6, 6.07) is 28.6. The van der Waals surface area contributed by atoms with Gasteiger partial charge in [0.15, 0.2) is 0 Å². The normalized spacial score (nSPS) is 16.6. The molecule has 3 aromatic carbocycles. The van der Waals surface area contributed by atoms with E-state index in [4.69, 9.17) is 0 Å². The van der Waals surface area contributed by atoms with E-state index >= 15 is 0 Å². The molecule has 32 heavy (non-hydrogen) atoms. The zero-order valence-corrected chi connectivity index (χ0v) is 18.1. The molecular formula is C31H25N. The van der Waals surface area contributed by atoms with Gasteiger partial charge in [-0.25, -0.2) is 0 Å². The third kappa shape index (κ3) is 3.47. The Morgan fingerprint density at radius 2 is 1.50 bits per heavy atom. The molecule has 0 fully saturated rings. The highest BCUT2D eigenvalue weighted by molar-refractivity contribution is 5.75. The number of allylic oxidation sites excluding steroid dienone is 6. The van der Waals surface area contributed by atoms with Gasteiger partial charge in [0, 0.05) is 23.9 Å². The molecule has 0 unspecified atom stereocenters. The van der Waals surface area contributed by atoms with Gasteiger partial charge in [-0.2, -0.15) is 0 Å². The summed E-state index contributed by atoms with van der Waals surface area (Å²) in [4.78, 5) is 2.47. The van der Waals surface area contributed by atoms with Crippen LogP contribution >= 0.6 is 0 Å². The molecule has 0 saturated heterocycles. The fraction of sp³-hybridized carbons (Fsp3) is 0.129. The fourth-order valence-corrected chi connectivity index (χ4v) is 5.05. The van der Waals surface area contributed by atoms with E-state index in [9.17, 15) is 0 Å². The van der Waals surface area contributed by atoms with Crippen LogP contribution in [0.5, 0.6) is 0 Å². The molecule has 2 bridgehead atoms. The number of nitrogens with zero attached hydrogens (tertiary/aromatic N) is 1. The van der Waals surface area contributed by atoms with E-state index < -0.39 is 0 Å². The SMILES string of the molecule is C1=CC2=C(C=1)N(c1cccc(Cc3ccccc3)c1)Cc1ccccc1C1=CC=C2CC1. The minimum atomic E-state index is 0.848. The highest BCUT2D eigenvalue weighted by Crippen LogP contribution is 2.39. The second kappa shape index (κ2) is 8.04. The van der Waals surface area contributed by atoms with Gasteiger partial charge in [0.05, 0.1) is 5.70 Å². The minimum absolute atomic E-state index is 0.848. The van der Waals surface area contributed by atoms with Crippen LogP contribution in [-0.4, -0.2) is 0 Å². The molecule has 1 heteroatoms. The zero-order valence-electron chi connectivity index (χ0n) is 18.1. The predicted octanol–water partition coefficient (Wildman–Crippen LogP) is 7.38. The van der Waals surface area contributed by atoms with Gasteiger partial charge >= 0.3 is 0 Å². The van der Waals surface area contributed by atoms with Crippen LogP contribution in [0.4, 0.5) is 5.69 Å². The highest BCUT2D eigenvalue weighted by atomic mass is 15.1. The first kappa shape index (κ1) is 18.9. The molecule has 2 heterocycles. The molecule has 3 aromatic rings. The van der Waals surface area contributed by atoms with Crippen molar-refractivity contribution >= 4 is 11.3 Å². The molecule has 1 nitrogen and oxygen atoms in total. The van der Waals surface area contributed by atoms with Crippen molar-refractivity contribution in [2.75, 3.05) is 4.90 Å². The van der Waals surface area contributed by atoms with Gasteiger partial charge in [-0.05, 0) is 70.9 Å². The smallest absolute Gasteiger partial charge is 0.0574 e. The van der Waals surface area contributed by atoms with E-state index in [0.29, 0.717) is 0 Å². The summed E-state index contributed by atoms with van der Waals surface area (Å²) in [6.45, 7) is 0.848. The van der Waals surface area contributed by atoms with Gasteiger partial charge in [-0.3, -0.25) is 0 Å². The lowest BCUT2D eigenvalue weighted by atomic mass is 9.86. The van der Waals surface area contributed by atoms with Crippen LogP contribution in [0.1, 0.15) is 35.1 Å². The standard InChI is InChI=1S/C31H25N/c1-2-8-23(9-3-1)20-24-10-6-12-28(21-24)32-22-27-11-4-5-13-29(27)25-16-18-26(19-17-25)30-14-7-15-31(30)32/h1-6,8-16,18,21H,17,19-20,22H2. The molecule has 2 aliphatic carbocycles. The van der Waals surface area contributed by atoms with E-state index in [1.807, 2.05) is 0 Å². The van der Waals surface area contributed by atoms with Gasteiger partial charge in [0.2, 0.25) is 0 Å². The summed E-state index contributed by atoms with van der Waals surface area (Å²) in [5.41, 5.74) is 15.5. The maximum Gasteiger partial charge on any atom is 0.0574 e. The van der Waals surface area contributed by atoms with Crippen LogP contribution < -0.4 is 4.90 Å². The Labute approximate surface area is 190 Å². The molecule has 0 aromatic heterocycles. The Morgan fingerprint density at radius 3 is 2.38 bits per heavy atom. The quantitative estimate of drug-likeness (QED) is 0.406. The third-order valence-corrected chi connectivity index (χ3v) is 6.67. The second-order valence-corrected chi connectivity index (χ2v) is 8.71. The molecule has 2 aliphatic heterocycles. The number of hydrogen-bond donors (Lipinski definition) is 0. The lowest BCUT2D eigenvalue weighted by molar-refractivity contribution is 0.897. The lowest BCUT2D eigenvalue weighted by Gasteiger charge is -2.31. The Bertz CT molecular complexity index is 1340. The first-order chi connectivity index (χ1) is 15.8. The first-order valence-corrected chi connectivity index (χ1v) is 11.4. The van der Waals surface area contributed by atoms with Gasteiger partial charge in [-0.1, -0.05) is 78.9 Å². The molecule has 0 spiro atoms. The average Bonchev–Trinajstić information content (AvgIpc) is 3.34. The van der Waals surface area contributed by atoms with Crippen molar-refractivity contribution in [3.8, 4) is 0 Å². The van der Waals surface area contributed by atoms with E-state index in [0.717, 1.165) is 25.8 Å². The Balaban J connectivity index is 1.46. The van der Waals surface area contributed by atoms with E-state index in [2.05, 4.69) is 114 Å². The van der Waals surface area contributed by atoms with Crippen LogP contribution in [-0.2, 0) is 13.0 Å². The zero-order chi connectivity index (χ0) is 21.3. The summed E-state index contributed by atoms with van der Waals surface area (Å²) < 4.78 is 0. The number of anilines is 1. The van der Waals surface area contributed by atoms with Crippen molar-refractivity contribution in [2.45, 2.75) is 25.8 Å². The summed E-state index contributed by atoms with van der Waals surface area (Å²) >= 11 is 0. The maximum atomic E-state index is 3.39. The van der Waals surface area contributed by atoms with Crippen molar-refractivity contribution in [3.63, 3.8) is 0 Å². The van der Waals surface area contributed by atoms with Crippen LogP contribution in [0.15, 0.2) is 126 Å². The summed E-state index contributed by atoms with van der Waals surface area (Å²) in [7, 11) is 0. The topological polar surface area (TPSA) is 3.24 Å². The Kier molecular flexibility index (Phi) is 4.75. The molecule has 0 atom stereocenters. The predicted molar refractivity (Wildman–Crippen MR) is 133 cm³/mol. The number of benzene rings is 3. The van der Waals surface area contributed by atoms with Crippen LogP contribution in [0.25, 0.3) is 5.57 Å².